The van der Waals surface area contributed by atoms with Gasteiger partial charge in [0.1, 0.15) is 0 Å². The van der Waals surface area contributed by atoms with Gasteiger partial charge in [0, 0.05) is 26.8 Å². The molecule has 0 atom stereocenters. The van der Waals surface area contributed by atoms with E-state index in [0.717, 1.165) is 32.5 Å². The largest absolute Gasteiger partial charge is 0.385 e. The van der Waals surface area contributed by atoms with Crippen LogP contribution in [0.25, 0.3) is 0 Å². The topological polar surface area (TPSA) is 59.6 Å². The number of guanidine groups is 1. The molecule has 1 aliphatic rings. The van der Waals surface area contributed by atoms with Crippen LogP contribution in [-0.4, -0.2) is 32.8 Å². The lowest BCUT2D eigenvalue weighted by molar-refractivity contribution is 0.141. The molecule has 0 heterocycles. The first kappa shape index (κ1) is 14.3. The van der Waals surface area contributed by atoms with Gasteiger partial charge >= 0.3 is 0 Å². The van der Waals surface area contributed by atoms with Crippen LogP contribution in [-0.2, 0) is 4.74 Å². The van der Waals surface area contributed by atoms with Crippen LogP contribution in [0.1, 0.15) is 45.4 Å². The molecule has 0 aromatic carbocycles. The van der Waals surface area contributed by atoms with Gasteiger partial charge in [-0.3, -0.25) is 4.99 Å². The van der Waals surface area contributed by atoms with Crippen LogP contribution in [0.2, 0.25) is 0 Å². The fraction of sp³-hybridized carbons (Fsp3) is 0.923. The number of aliphatic imine (C=N–C) groups is 1. The Kier molecular flexibility index (Phi) is 6.34. The molecule has 0 unspecified atom stereocenters. The summed E-state index contributed by atoms with van der Waals surface area (Å²) in [5, 5.41) is 3.13. The molecule has 17 heavy (non-hydrogen) atoms. The molecule has 0 aliphatic heterocycles. The van der Waals surface area contributed by atoms with Gasteiger partial charge in [-0.05, 0) is 31.1 Å². The van der Waals surface area contributed by atoms with Gasteiger partial charge in [0.15, 0.2) is 5.96 Å². The van der Waals surface area contributed by atoms with Gasteiger partial charge in [0.05, 0.1) is 0 Å². The second kappa shape index (κ2) is 7.54. The van der Waals surface area contributed by atoms with Crippen molar-refractivity contribution in [2.24, 2.45) is 16.1 Å². The minimum atomic E-state index is 0.342. The molecule has 0 spiro atoms. The van der Waals surface area contributed by atoms with Gasteiger partial charge in [-0.25, -0.2) is 0 Å². The maximum Gasteiger partial charge on any atom is 0.188 e. The molecule has 0 saturated heterocycles. The van der Waals surface area contributed by atoms with Gasteiger partial charge in [0.2, 0.25) is 0 Å². The van der Waals surface area contributed by atoms with E-state index in [1.165, 1.54) is 25.7 Å². The zero-order chi connectivity index (χ0) is 12.6. The van der Waals surface area contributed by atoms with Crippen LogP contribution in [0.15, 0.2) is 4.99 Å². The number of nitrogens with two attached hydrogens (primary N) is 1. The molecule has 1 fully saturated rings. The van der Waals surface area contributed by atoms with Crippen molar-refractivity contribution in [3.05, 3.63) is 0 Å². The highest BCUT2D eigenvalue weighted by Gasteiger charge is 2.33. The van der Waals surface area contributed by atoms with Crippen LogP contribution in [0.3, 0.4) is 0 Å². The summed E-state index contributed by atoms with van der Waals surface area (Å²) in [6, 6.07) is 0. The summed E-state index contributed by atoms with van der Waals surface area (Å²) in [6.45, 7) is 4.70. The second-order valence-corrected chi connectivity index (χ2v) is 5.08. The first-order chi connectivity index (χ1) is 8.22. The van der Waals surface area contributed by atoms with Crippen LogP contribution in [0.4, 0.5) is 0 Å². The molecule has 0 bridgehead atoms. The summed E-state index contributed by atoms with van der Waals surface area (Å²) in [5.41, 5.74) is 6.17. The Labute approximate surface area is 105 Å². The molecule has 3 N–H and O–H groups in total. The number of methoxy groups -OCH3 is 1. The summed E-state index contributed by atoms with van der Waals surface area (Å²) in [6.07, 6.45) is 7.35. The van der Waals surface area contributed by atoms with E-state index in [9.17, 15) is 0 Å². The zero-order valence-corrected chi connectivity index (χ0v) is 11.3. The molecule has 0 radical (unpaired) electrons. The molecule has 4 nitrogen and oxygen atoms in total. The van der Waals surface area contributed by atoms with Gasteiger partial charge in [0.25, 0.3) is 0 Å². The third-order valence-electron chi connectivity index (χ3n) is 3.64. The Morgan fingerprint density at radius 2 is 2.12 bits per heavy atom. The van der Waals surface area contributed by atoms with Crippen LogP contribution in [0.5, 0.6) is 0 Å². The Balaban J connectivity index is 2.43. The minimum absolute atomic E-state index is 0.342. The van der Waals surface area contributed by atoms with Crippen molar-refractivity contribution in [2.75, 3.05) is 26.8 Å². The quantitative estimate of drug-likeness (QED) is 0.528. The maximum atomic E-state index is 5.83. The van der Waals surface area contributed by atoms with E-state index in [0.29, 0.717) is 11.4 Å². The molecular formula is C13H27N3O. The van der Waals surface area contributed by atoms with E-state index in [1.54, 1.807) is 7.11 Å². The predicted molar refractivity (Wildman–Crippen MR) is 72.2 cm³/mol. The van der Waals surface area contributed by atoms with Crippen molar-refractivity contribution in [1.29, 1.82) is 0 Å². The first-order valence-corrected chi connectivity index (χ1v) is 6.75. The number of ether oxygens (including phenoxy) is 1. The summed E-state index contributed by atoms with van der Waals surface area (Å²) in [7, 11) is 1.77. The van der Waals surface area contributed by atoms with Gasteiger partial charge in [-0.1, -0.05) is 19.8 Å². The average Bonchev–Trinajstić information content (AvgIpc) is 2.81. The van der Waals surface area contributed by atoms with Gasteiger partial charge in [-0.2, -0.15) is 0 Å². The molecule has 0 aromatic rings. The van der Waals surface area contributed by atoms with Crippen LogP contribution in [0, 0.1) is 5.41 Å². The Bertz CT molecular complexity index is 235. The summed E-state index contributed by atoms with van der Waals surface area (Å²) < 4.78 is 5.21. The smallest absolute Gasteiger partial charge is 0.188 e. The molecule has 0 aromatic heterocycles. The third kappa shape index (κ3) is 4.94. The van der Waals surface area contributed by atoms with Crippen molar-refractivity contribution >= 4 is 5.96 Å². The van der Waals surface area contributed by atoms with Crippen molar-refractivity contribution in [1.82, 2.24) is 5.32 Å². The number of hydrogen-bond donors (Lipinski definition) is 2. The minimum Gasteiger partial charge on any atom is -0.385 e. The standard InChI is InChI=1S/C13H27N3O/c1-3-9-15-12(14)16-11-13(8-10-17-2)6-4-5-7-13/h3-11H2,1-2H3,(H3,14,15,16). The Hall–Kier alpha value is -0.770. The summed E-state index contributed by atoms with van der Waals surface area (Å²) in [4.78, 5) is 4.50. The number of nitrogens with zero attached hydrogens (tertiary/aromatic N) is 1. The molecule has 1 saturated carbocycles. The fourth-order valence-electron chi connectivity index (χ4n) is 2.49. The monoisotopic (exact) mass is 241 g/mol. The fourth-order valence-corrected chi connectivity index (χ4v) is 2.49. The van der Waals surface area contributed by atoms with Crippen molar-refractivity contribution < 1.29 is 4.74 Å². The second-order valence-electron chi connectivity index (χ2n) is 5.08. The lowest BCUT2D eigenvalue weighted by atomic mass is 9.83. The third-order valence-corrected chi connectivity index (χ3v) is 3.64. The lowest BCUT2D eigenvalue weighted by Gasteiger charge is -2.26. The van der Waals surface area contributed by atoms with Crippen LogP contribution < -0.4 is 11.1 Å². The van der Waals surface area contributed by atoms with E-state index in [4.69, 9.17) is 10.5 Å². The summed E-state index contributed by atoms with van der Waals surface area (Å²) in [5.74, 6) is 0.593. The molecule has 4 heteroatoms. The highest BCUT2D eigenvalue weighted by atomic mass is 16.5. The molecular weight excluding hydrogens is 214 g/mol. The van der Waals surface area contributed by atoms with Gasteiger partial charge < -0.3 is 15.8 Å². The molecule has 100 valence electrons. The number of nitrogens with one attached hydrogen (secondary N) is 1. The molecule has 1 rings (SSSR count). The highest BCUT2D eigenvalue weighted by Crippen LogP contribution is 2.41. The normalized spacial score (nSPS) is 19.5. The van der Waals surface area contributed by atoms with E-state index >= 15 is 0 Å². The van der Waals surface area contributed by atoms with Crippen LogP contribution >= 0.6 is 0 Å². The predicted octanol–water partition coefficient (Wildman–Crippen LogP) is 1.90. The SMILES string of the molecule is CCCNC(N)=NCC1(CCOC)CCCC1. The van der Waals surface area contributed by atoms with E-state index in [-0.39, 0.29) is 0 Å². The maximum absolute atomic E-state index is 5.83. The van der Waals surface area contributed by atoms with Crippen molar-refractivity contribution in [2.45, 2.75) is 45.4 Å². The average molecular weight is 241 g/mol. The highest BCUT2D eigenvalue weighted by molar-refractivity contribution is 5.77. The van der Waals surface area contributed by atoms with Gasteiger partial charge in [-0.15, -0.1) is 0 Å². The zero-order valence-electron chi connectivity index (χ0n) is 11.3. The van der Waals surface area contributed by atoms with E-state index in [1.807, 2.05) is 0 Å². The number of rotatable bonds is 7. The Morgan fingerprint density at radius 3 is 2.71 bits per heavy atom. The van der Waals surface area contributed by atoms with Crippen molar-refractivity contribution in [3.8, 4) is 0 Å². The van der Waals surface area contributed by atoms with E-state index in [2.05, 4.69) is 17.2 Å². The Morgan fingerprint density at radius 1 is 1.41 bits per heavy atom. The first-order valence-electron chi connectivity index (χ1n) is 6.75. The summed E-state index contributed by atoms with van der Waals surface area (Å²) >= 11 is 0. The molecule has 1 aliphatic carbocycles. The van der Waals surface area contributed by atoms with E-state index < -0.39 is 0 Å². The number of hydrogen-bond acceptors (Lipinski definition) is 2. The molecule has 0 amide bonds. The lowest BCUT2D eigenvalue weighted by Crippen LogP contribution is -2.34. The van der Waals surface area contributed by atoms with Crippen molar-refractivity contribution in [3.63, 3.8) is 0 Å².